The first kappa shape index (κ1) is 20.7. The highest BCUT2D eigenvalue weighted by molar-refractivity contribution is 5.83. The molecule has 2 amide bonds. The van der Waals surface area contributed by atoms with Gasteiger partial charge in [-0.05, 0) is 6.42 Å². The van der Waals surface area contributed by atoms with Gasteiger partial charge in [0.2, 0.25) is 5.91 Å². The molecule has 2 atom stereocenters. The molecule has 0 saturated carbocycles. The van der Waals surface area contributed by atoms with E-state index in [0.717, 1.165) is 0 Å². The van der Waals surface area contributed by atoms with Gasteiger partial charge in [0.1, 0.15) is 0 Å². The summed E-state index contributed by atoms with van der Waals surface area (Å²) in [5, 5.41) is 18.7. The van der Waals surface area contributed by atoms with Crippen molar-refractivity contribution >= 4 is 17.8 Å². The molecule has 27 heavy (non-hydrogen) atoms. The monoisotopic (exact) mass is 388 g/mol. The van der Waals surface area contributed by atoms with E-state index in [0.29, 0.717) is 19.3 Å². The Balaban J connectivity index is 1.94. The number of hydrogen-bond acceptors (Lipinski definition) is 5. The Hall–Kier alpha value is -2.64. The molecule has 2 rings (SSSR count). The number of rotatable bonds is 7. The topological polar surface area (TPSA) is 111 Å². The lowest BCUT2D eigenvalue weighted by molar-refractivity contribution is -0.176. The number of halogens is 3. The fourth-order valence-electron chi connectivity index (χ4n) is 3.00. The number of nitrogens with one attached hydrogen (secondary N) is 1. The fraction of sp³-hybridized carbons (Fsp3) is 0.688. The molecule has 1 fully saturated rings. The molecule has 2 unspecified atom stereocenters. The molecular formula is C16H19F3N4O4. The van der Waals surface area contributed by atoms with Gasteiger partial charge in [-0.2, -0.15) is 23.4 Å². The summed E-state index contributed by atoms with van der Waals surface area (Å²) in [7, 11) is 0. The summed E-state index contributed by atoms with van der Waals surface area (Å²) >= 11 is 0. The molecule has 0 bridgehead atoms. The van der Waals surface area contributed by atoms with Crippen LogP contribution in [0.3, 0.4) is 0 Å². The fourth-order valence-corrected chi connectivity index (χ4v) is 3.00. The van der Waals surface area contributed by atoms with Crippen molar-refractivity contribution < 1.29 is 32.7 Å². The normalized spacial score (nSPS) is 23.4. The minimum absolute atomic E-state index is 0.0508. The van der Waals surface area contributed by atoms with Crippen molar-refractivity contribution in [2.75, 3.05) is 13.1 Å². The number of aliphatic carboxylic acids is 1. The standard InChI is InChI=1S/C16H19F3N4O4/c1-2-3-6-15(21-22-15)7-4-12(24)23-8-5-10(13(25)26)11(9-23)20-14(27)16(17,18)19/h1,10-11H,3-9H2,(H,20,27)(H,25,26). The minimum atomic E-state index is -5.13. The molecular weight excluding hydrogens is 369 g/mol. The molecule has 0 radical (unpaired) electrons. The highest BCUT2D eigenvalue weighted by Gasteiger charge is 2.44. The molecule has 0 aromatic carbocycles. The maximum Gasteiger partial charge on any atom is 0.471 e. The Kier molecular flexibility index (Phi) is 6.08. The largest absolute Gasteiger partial charge is 0.481 e. The Bertz CT molecular complexity index is 680. The highest BCUT2D eigenvalue weighted by Crippen LogP contribution is 2.37. The van der Waals surface area contributed by atoms with Crippen molar-refractivity contribution in [3.05, 3.63) is 0 Å². The Labute approximate surface area is 153 Å². The number of piperidine rings is 1. The zero-order chi connectivity index (χ0) is 20.2. The van der Waals surface area contributed by atoms with E-state index < -0.39 is 35.7 Å². The maximum absolute atomic E-state index is 12.5. The molecule has 2 heterocycles. The first-order valence-corrected chi connectivity index (χ1v) is 8.34. The van der Waals surface area contributed by atoms with Crippen molar-refractivity contribution in [2.45, 2.75) is 50.0 Å². The van der Waals surface area contributed by atoms with E-state index in [9.17, 15) is 32.7 Å². The van der Waals surface area contributed by atoms with Crippen LogP contribution in [0, 0.1) is 18.3 Å². The third-order valence-electron chi connectivity index (χ3n) is 4.65. The summed E-state index contributed by atoms with van der Waals surface area (Å²) in [5.41, 5.74) is -0.661. The highest BCUT2D eigenvalue weighted by atomic mass is 19.4. The van der Waals surface area contributed by atoms with Crippen LogP contribution in [0.15, 0.2) is 10.2 Å². The molecule has 0 aliphatic carbocycles. The number of carbonyl (C=O) groups is 3. The van der Waals surface area contributed by atoms with E-state index >= 15 is 0 Å². The van der Waals surface area contributed by atoms with Crippen LogP contribution in [-0.4, -0.2) is 58.8 Å². The van der Waals surface area contributed by atoms with Gasteiger partial charge in [0.05, 0.1) is 12.0 Å². The zero-order valence-corrected chi connectivity index (χ0v) is 14.3. The Morgan fingerprint density at radius 2 is 1.96 bits per heavy atom. The van der Waals surface area contributed by atoms with Crippen molar-refractivity contribution in [1.82, 2.24) is 10.2 Å². The summed E-state index contributed by atoms with van der Waals surface area (Å²) in [6.07, 6.45) is 1.35. The van der Waals surface area contributed by atoms with Gasteiger partial charge >= 0.3 is 18.1 Å². The summed E-state index contributed by atoms with van der Waals surface area (Å²) in [5.74, 6) is -2.64. The third-order valence-corrected chi connectivity index (χ3v) is 4.65. The minimum Gasteiger partial charge on any atom is -0.481 e. The lowest BCUT2D eigenvalue weighted by atomic mass is 9.91. The second kappa shape index (κ2) is 7.94. The van der Waals surface area contributed by atoms with Gasteiger partial charge in [0.25, 0.3) is 0 Å². The second-order valence-electron chi connectivity index (χ2n) is 6.54. The van der Waals surface area contributed by atoms with Crippen LogP contribution in [0.2, 0.25) is 0 Å². The predicted molar refractivity (Wildman–Crippen MR) is 85.2 cm³/mol. The predicted octanol–water partition coefficient (Wildman–Crippen LogP) is 1.32. The van der Waals surface area contributed by atoms with E-state index in [-0.39, 0.29) is 31.8 Å². The number of terminal acetylenes is 1. The quantitative estimate of drug-likeness (QED) is 0.641. The lowest BCUT2D eigenvalue weighted by Gasteiger charge is -2.37. The number of carboxylic acid groups (broad SMARTS) is 1. The van der Waals surface area contributed by atoms with Crippen molar-refractivity contribution in [2.24, 2.45) is 16.1 Å². The van der Waals surface area contributed by atoms with Crippen LogP contribution in [0.4, 0.5) is 13.2 Å². The van der Waals surface area contributed by atoms with Crippen LogP contribution in [0.25, 0.3) is 0 Å². The molecule has 2 aliphatic rings. The molecule has 8 nitrogen and oxygen atoms in total. The number of alkyl halides is 3. The summed E-state index contributed by atoms with van der Waals surface area (Å²) in [6.45, 7) is -0.219. The average Bonchev–Trinajstić information content (AvgIpc) is 3.37. The van der Waals surface area contributed by atoms with E-state index in [2.05, 4.69) is 16.1 Å². The van der Waals surface area contributed by atoms with Crippen molar-refractivity contribution in [3.63, 3.8) is 0 Å². The van der Waals surface area contributed by atoms with Gasteiger partial charge in [0, 0.05) is 38.8 Å². The van der Waals surface area contributed by atoms with E-state index in [1.807, 2.05) is 0 Å². The number of carboxylic acids is 1. The van der Waals surface area contributed by atoms with Gasteiger partial charge in [-0.25, -0.2) is 0 Å². The molecule has 2 aliphatic heterocycles. The third kappa shape index (κ3) is 5.42. The number of likely N-dealkylation sites (tertiary alicyclic amines) is 1. The number of amides is 2. The number of hydrogen-bond donors (Lipinski definition) is 2. The van der Waals surface area contributed by atoms with E-state index in [1.165, 1.54) is 4.90 Å². The first-order valence-electron chi connectivity index (χ1n) is 8.34. The molecule has 0 spiro atoms. The van der Waals surface area contributed by atoms with E-state index in [1.54, 1.807) is 5.32 Å². The average molecular weight is 388 g/mol. The maximum atomic E-state index is 12.5. The summed E-state index contributed by atoms with van der Waals surface area (Å²) in [6, 6.07) is -1.32. The Morgan fingerprint density at radius 1 is 1.30 bits per heavy atom. The SMILES string of the molecule is C#CCCC1(CCC(=O)N2CCC(C(=O)O)C(NC(=O)C(F)(F)F)C2)N=N1. The van der Waals surface area contributed by atoms with Gasteiger partial charge in [-0.3, -0.25) is 14.4 Å². The van der Waals surface area contributed by atoms with Crippen LogP contribution in [0.5, 0.6) is 0 Å². The Morgan fingerprint density at radius 3 is 2.48 bits per heavy atom. The first-order chi connectivity index (χ1) is 12.6. The van der Waals surface area contributed by atoms with Crippen molar-refractivity contribution in [3.8, 4) is 12.3 Å². The molecule has 0 aromatic heterocycles. The van der Waals surface area contributed by atoms with Gasteiger partial charge < -0.3 is 15.3 Å². The van der Waals surface area contributed by atoms with E-state index in [4.69, 9.17) is 6.42 Å². The zero-order valence-electron chi connectivity index (χ0n) is 14.3. The van der Waals surface area contributed by atoms with Gasteiger partial charge in [-0.15, -0.1) is 12.3 Å². The second-order valence-corrected chi connectivity index (χ2v) is 6.54. The summed E-state index contributed by atoms with van der Waals surface area (Å²) < 4.78 is 37.4. The van der Waals surface area contributed by atoms with Gasteiger partial charge in [0.15, 0.2) is 5.66 Å². The number of nitrogens with zero attached hydrogens (tertiary/aromatic N) is 3. The molecule has 0 aromatic rings. The molecule has 2 N–H and O–H groups in total. The van der Waals surface area contributed by atoms with Crippen LogP contribution in [0.1, 0.15) is 32.1 Å². The summed E-state index contributed by atoms with van der Waals surface area (Å²) in [4.78, 5) is 36.1. The van der Waals surface area contributed by atoms with Crippen LogP contribution in [-0.2, 0) is 14.4 Å². The molecule has 1 saturated heterocycles. The van der Waals surface area contributed by atoms with Gasteiger partial charge in [-0.1, -0.05) is 0 Å². The number of carbonyl (C=O) groups excluding carboxylic acids is 2. The van der Waals surface area contributed by atoms with Crippen LogP contribution >= 0.6 is 0 Å². The molecule has 11 heteroatoms. The van der Waals surface area contributed by atoms with Crippen molar-refractivity contribution in [1.29, 1.82) is 0 Å². The molecule has 148 valence electrons. The van der Waals surface area contributed by atoms with Crippen LogP contribution < -0.4 is 5.32 Å². The lowest BCUT2D eigenvalue weighted by Crippen LogP contribution is -2.57. The smallest absolute Gasteiger partial charge is 0.471 e.